The van der Waals surface area contributed by atoms with Crippen molar-refractivity contribution in [2.75, 3.05) is 11.9 Å². The van der Waals surface area contributed by atoms with Gasteiger partial charge in [0, 0.05) is 12.7 Å². The summed E-state index contributed by atoms with van der Waals surface area (Å²) in [5, 5.41) is 3.70. The van der Waals surface area contributed by atoms with Crippen LogP contribution in [-0.2, 0) is 0 Å². The number of halogens is 1. The summed E-state index contributed by atoms with van der Waals surface area (Å²) in [6.45, 7) is 2.85. The highest BCUT2D eigenvalue weighted by Gasteiger charge is 1.95. The zero-order chi connectivity index (χ0) is 7.40. The van der Waals surface area contributed by atoms with Crippen LogP contribution in [0.1, 0.15) is 6.92 Å². The minimum atomic E-state index is 0.671. The van der Waals surface area contributed by atoms with Crippen LogP contribution in [-0.4, -0.2) is 11.5 Å². The molecule has 0 bridgehead atoms. The van der Waals surface area contributed by atoms with E-state index in [1.165, 1.54) is 0 Å². The maximum Gasteiger partial charge on any atom is 0.144 e. The van der Waals surface area contributed by atoms with Gasteiger partial charge in [0.15, 0.2) is 0 Å². The molecule has 0 aromatic carbocycles. The Morgan fingerprint density at radius 1 is 1.70 bits per heavy atom. The van der Waals surface area contributed by atoms with E-state index in [0.717, 1.165) is 12.4 Å². The van der Waals surface area contributed by atoms with E-state index in [0.29, 0.717) is 5.02 Å². The molecule has 0 saturated carbocycles. The van der Waals surface area contributed by atoms with Crippen LogP contribution >= 0.6 is 11.6 Å². The van der Waals surface area contributed by atoms with Crippen molar-refractivity contribution in [3.8, 4) is 0 Å². The van der Waals surface area contributed by atoms with Gasteiger partial charge < -0.3 is 5.32 Å². The van der Waals surface area contributed by atoms with E-state index in [1.54, 1.807) is 6.20 Å². The molecule has 0 unspecified atom stereocenters. The first-order chi connectivity index (χ1) is 4.84. The van der Waals surface area contributed by atoms with Crippen molar-refractivity contribution >= 4 is 17.4 Å². The molecule has 1 aromatic heterocycles. The van der Waals surface area contributed by atoms with Gasteiger partial charge >= 0.3 is 0 Å². The molecule has 0 saturated heterocycles. The third-order valence-electron chi connectivity index (χ3n) is 1.10. The number of hydrogen-bond acceptors (Lipinski definition) is 2. The van der Waals surface area contributed by atoms with Gasteiger partial charge in [0.1, 0.15) is 5.82 Å². The molecule has 2 nitrogen and oxygen atoms in total. The normalized spacial score (nSPS) is 9.40. The molecule has 0 atom stereocenters. The summed E-state index contributed by atoms with van der Waals surface area (Å²) in [6, 6.07) is 3.62. The fourth-order valence-electron chi connectivity index (χ4n) is 0.683. The Morgan fingerprint density at radius 3 is 3.10 bits per heavy atom. The quantitative estimate of drug-likeness (QED) is 0.710. The molecule has 0 spiro atoms. The first kappa shape index (κ1) is 7.35. The molecular weight excluding hydrogens is 148 g/mol. The Labute approximate surface area is 65.2 Å². The molecule has 1 aromatic rings. The van der Waals surface area contributed by atoms with Gasteiger partial charge in [-0.1, -0.05) is 11.6 Å². The average molecular weight is 157 g/mol. The van der Waals surface area contributed by atoms with E-state index in [4.69, 9.17) is 11.6 Å². The third kappa shape index (κ3) is 1.61. The predicted octanol–water partition coefficient (Wildman–Crippen LogP) is 2.17. The maximum absolute atomic E-state index is 5.78. The Hall–Kier alpha value is -0.760. The van der Waals surface area contributed by atoms with Crippen molar-refractivity contribution < 1.29 is 0 Å². The molecule has 0 radical (unpaired) electrons. The lowest BCUT2D eigenvalue weighted by Gasteiger charge is -2.01. The number of nitrogens with one attached hydrogen (secondary N) is 1. The molecule has 1 rings (SSSR count). The second-order valence-corrected chi connectivity index (χ2v) is 2.27. The lowest BCUT2D eigenvalue weighted by Crippen LogP contribution is -1.98. The highest BCUT2D eigenvalue weighted by atomic mass is 35.5. The van der Waals surface area contributed by atoms with E-state index >= 15 is 0 Å². The van der Waals surface area contributed by atoms with Crippen LogP contribution in [0.15, 0.2) is 18.3 Å². The van der Waals surface area contributed by atoms with Crippen LogP contribution in [0.3, 0.4) is 0 Å². The Kier molecular flexibility index (Phi) is 2.51. The first-order valence-corrected chi connectivity index (χ1v) is 3.56. The van der Waals surface area contributed by atoms with E-state index in [2.05, 4.69) is 10.3 Å². The van der Waals surface area contributed by atoms with Crippen molar-refractivity contribution in [3.05, 3.63) is 23.4 Å². The number of rotatable bonds is 2. The van der Waals surface area contributed by atoms with Crippen LogP contribution in [0.4, 0.5) is 5.82 Å². The van der Waals surface area contributed by atoms with Gasteiger partial charge in [-0.25, -0.2) is 4.98 Å². The topological polar surface area (TPSA) is 24.9 Å². The molecule has 0 fully saturated rings. The third-order valence-corrected chi connectivity index (χ3v) is 1.41. The molecule has 3 heteroatoms. The van der Waals surface area contributed by atoms with E-state index in [9.17, 15) is 0 Å². The zero-order valence-corrected chi connectivity index (χ0v) is 6.52. The second kappa shape index (κ2) is 3.42. The van der Waals surface area contributed by atoms with Crippen LogP contribution in [0.2, 0.25) is 5.02 Å². The summed E-state index contributed by atoms with van der Waals surface area (Å²) < 4.78 is 0. The van der Waals surface area contributed by atoms with Crippen molar-refractivity contribution in [2.45, 2.75) is 6.92 Å². The second-order valence-electron chi connectivity index (χ2n) is 1.86. The predicted molar refractivity (Wildman–Crippen MR) is 43.4 cm³/mol. The molecular formula is C7H9ClN2. The smallest absolute Gasteiger partial charge is 0.144 e. The monoisotopic (exact) mass is 156 g/mol. The minimum Gasteiger partial charge on any atom is -0.369 e. The van der Waals surface area contributed by atoms with E-state index in [1.807, 2.05) is 19.1 Å². The summed E-state index contributed by atoms with van der Waals surface area (Å²) in [4.78, 5) is 4.02. The Morgan fingerprint density at radius 2 is 2.50 bits per heavy atom. The van der Waals surface area contributed by atoms with Gasteiger partial charge in [-0.05, 0) is 19.1 Å². The van der Waals surface area contributed by atoms with Crippen LogP contribution in [0.5, 0.6) is 0 Å². The highest BCUT2D eigenvalue weighted by molar-refractivity contribution is 6.32. The SMILES string of the molecule is CCNc1ncccc1Cl. The summed E-state index contributed by atoms with van der Waals surface area (Å²) in [5.41, 5.74) is 0. The van der Waals surface area contributed by atoms with Crippen LogP contribution in [0.25, 0.3) is 0 Å². The minimum absolute atomic E-state index is 0.671. The van der Waals surface area contributed by atoms with Gasteiger partial charge in [-0.3, -0.25) is 0 Å². The summed E-state index contributed by atoms with van der Waals surface area (Å²) >= 11 is 5.78. The fraction of sp³-hybridized carbons (Fsp3) is 0.286. The number of pyridine rings is 1. The lowest BCUT2D eigenvalue weighted by molar-refractivity contribution is 1.16. The van der Waals surface area contributed by atoms with E-state index < -0.39 is 0 Å². The number of nitrogens with zero attached hydrogens (tertiary/aromatic N) is 1. The highest BCUT2D eigenvalue weighted by Crippen LogP contribution is 2.16. The number of hydrogen-bond donors (Lipinski definition) is 1. The maximum atomic E-state index is 5.78. The van der Waals surface area contributed by atoms with Gasteiger partial charge in [0.25, 0.3) is 0 Å². The van der Waals surface area contributed by atoms with Gasteiger partial charge in [0.05, 0.1) is 5.02 Å². The molecule has 1 heterocycles. The van der Waals surface area contributed by atoms with E-state index in [-0.39, 0.29) is 0 Å². The summed E-state index contributed by atoms with van der Waals surface area (Å²) in [7, 11) is 0. The Balaban J connectivity index is 2.81. The molecule has 0 amide bonds. The van der Waals surface area contributed by atoms with Crippen LogP contribution < -0.4 is 5.32 Å². The first-order valence-electron chi connectivity index (χ1n) is 3.19. The van der Waals surface area contributed by atoms with Crippen molar-refractivity contribution in [3.63, 3.8) is 0 Å². The summed E-state index contributed by atoms with van der Waals surface area (Å²) in [5.74, 6) is 0.756. The Bertz CT molecular complexity index is 213. The van der Waals surface area contributed by atoms with Gasteiger partial charge in [-0.2, -0.15) is 0 Å². The van der Waals surface area contributed by atoms with Crippen molar-refractivity contribution in [2.24, 2.45) is 0 Å². The standard InChI is InChI=1S/C7H9ClN2/c1-2-9-7-6(8)4-3-5-10-7/h3-5H,2H2,1H3,(H,9,10). The number of aromatic nitrogens is 1. The molecule has 0 aliphatic rings. The fourth-order valence-corrected chi connectivity index (χ4v) is 0.872. The largest absolute Gasteiger partial charge is 0.369 e. The van der Waals surface area contributed by atoms with Gasteiger partial charge in [-0.15, -0.1) is 0 Å². The zero-order valence-electron chi connectivity index (χ0n) is 5.76. The van der Waals surface area contributed by atoms with Gasteiger partial charge in [0.2, 0.25) is 0 Å². The molecule has 0 aliphatic heterocycles. The van der Waals surface area contributed by atoms with Crippen molar-refractivity contribution in [1.29, 1.82) is 0 Å². The molecule has 10 heavy (non-hydrogen) atoms. The van der Waals surface area contributed by atoms with Crippen molar-refractivity contribution in [1.82, 2.24) is 4.98 Å². The average Bonchev–Trinajstić information content (AvgIpc) is 1.94. The summed E-state index contributed by atoms with van der Waals surface area (Å²) in [6.07, 6.45) is 1.71. The lowest BCUT2D eigenvalue weighted by atomic mass is 10.4. The number of anilines is 1. The molecule has 1 N–H and O–H groups in total. The molecule has 0 aliphatic carbocycles. The molecule has 54 valence electrons. The van der Waals surface area contributed by atoms with Crippen LogP contribution in [0, 0.1) is 0 Å².